The molecule has 1 aliphatic rings. The number of H-pyrrole nitrogens is 1. The van der Waals surface area contributed by atoms with E-state index in [4.69, 9.17) is 4.74 Å². The van der Waals surface area contributed by atoms with Gasteiger partial charge >= 0.3 is 5.97 Å². The number of para-hydroxylation sites is 1. The molecule has 0 spiro atoms. The number of amides is 1. The zero-order valence-corrected chi connectivity index (χ0v) is 16.8. The summed E-state index contributed by atoms with van der Waals surface area (Å²) in [5.41, 5.74) is 1.42. The molecule has 0 saturated carbocycles. The number of fused-ring (bicyclic) bond motifs is 2. The highest BCUT2D eigenvalue weighted by molar-refractivity contribution is 8.01. The second-order valence-corrected chi connectivity index (χ2v) is 8.88. The van der Waals surface area contributed by atoms with E-state index in [1.807, 2.05) is 38.1 Å². The van der Waals surface area contributed by atoms with Gasteiger partial charge in [0.2, 0.25) is 5.91 Å². The molecule has 3 heterocycles. The van der Waals surface area contributed by atoms with Crippen molar-refractivity contribution in [2.24, 2.45) is 0 Å². The highest BCUT2D eigenvalue weighted by atomic mass is 32.2. The van der Waals surface area contributed by atoms with E-state index in [2.05, 4.69) is 15.3 Å². The largest absolute Gasteiger partial charge is 0.457 e. The molecule has 1 aliphatic heterocycles. The van der Waals surface area contributed by atoms with E-state index < -0.39 is 11.2 Å². The van der Waals surface area contributed by atoms with E-state index >= 15 is 0 Å². The van der Waals surface area contributed by atoms with Crippen molar-refractivity contribution in [3.05, 3.63) is 50.9 Å². The molecule has 28 heavy (non-hydrogen) atoms. The third-order valence-corrected chi connectivity index (χ3v) is 6.89. The number of anilines is 1. The summed E-state index contributed by atoms with van der Waals surface area (Å²) in [5, 5.41) is 2.82. The van der Waals surface area contributed by atoms with Crippen LogP contribution in [0.2, 0.25) is 0 Å². The molecule has 0 bridgehead atoms. The number of ether oxygens (including phenoxy) is 1. The Labute approximate surface area is 168 Å². The molecule has 1 amide bonds. The van der Waals surface area contributed by atoms with Gasteiger partial charge < -0.3 is 15.0 Å². The molecule has 2 N–H and O–H groups in total. The van der Waals surface area contributed by atoms with Gasteiger partial charge in [0.1, 0.15) is 17.3 Å². The first kappa shape index (κ1) is 18.7. The van der Waals surface area contributed by atoms with Gasteiger partial charge in [0, 0.05) is 9.77 Å². The second-order valence-electron chi connectivity index (χ2n) is 6.43. The predicted molar refractivity (Wildman–Crippen MR) is 109 cm³/mol. The Kier molecular flexibility index (Phi) is 4.94. The number of nitrogens with one attached hydrogen (secondary N) is 2. The number of benzene rings is 1. The Morgan fingerprint density at radius 3 is 2.86 bits per heavy atom. The number of aryl methyl sites for hydroxylation is 2. The Balaban J connectivity index is 1.42. The summed E-state index contributed by atoms with van der Waals surface area (Å²) in [4.78, 5) is 46.3. The Morgan fingerprint density at radius 1 is 1.25 bits per heavy atom. The fraction of sp³-hybridized carbons (Fsp3) is 0.263. The quantitative estimate of drug-likeness (QED) is 0.635. The van der Waals surface area contributed by atoms with Crippen molar-refractivity contribution in [2.45, 2.75) is 37.0 Å². The van der Waals surface area contributed by atoms with E-state index in [0.29, 0.717) is 10.2 Å². The van der Waals surface area contributed by atoms with Gasteiger partial charge in [0.25, 0.3) is 5.56 Å². The fourth-order valence-electron chi connectivity index (χ4n) is 2.95. The minimum absolute atomic E-state index is 0.0610. The Morgan fingerprint density at radius 2 is 2.04 bits per heavy atom. The lowest BCUT2D eigenvalue weighted by molar-refractivity contribution is -0.146. The average Bonchev–Trinajstić information content (AvgIpc) is 2.95. The van der Waals surface area contributed by atoms with E-state index in [1.54, 1.807) is 0 Å². The molecule has 1 aromatic carbocycles. The minimum atomic E-state index is -0.556. The van der Waals surface area contributed by atoms with Crippen LogP contribution in [0.25, 0.3) is 10.2 Å². The molecular weight excluding hydrogens is 398 g/mol. The van der Waals surface area contributed by atoms with E-state index in [1.165, 1.54) is 23.1 Å². The number of carbonyl (C=O) groups is 2. The number of thioether (sulfide) groups is 1. The molecule has 2 aromatic heterocycles. The van der Waals surface area contributed by atoms with Crippen LogP contribution in [0, 0.1) is 13.8 Å². The van der Waals surface area contributed by atoms with E-state index in [0.717, 1.165) is 21.0 Å². The number of thiophene rings is 1. The molecule has 144 valence electrons. The first-order chi connectivity index (χ1) is 13.4. The summed E-state index contributed by atoms with van der Waals surface area (Å²) >= 11 is 2.77. The van der Waals surface area contributed by atoms with Crippen LogP contribution in [0.4, 0.5) is 5.69 Å². The molecule has 9 heteroatoms. The lowest BCUT2D eigenvalue weighted by atomic mass is 10.2. The van der Waals surface area contributed by atoms with Crippen LogP contribution in [-0.4, -0.2) is 27.1 Å². The summed E-state index contributed by atoms with van der Waals surface area (Å²) in [5.74, 6) is -0.454. The number of aromatic nitrogens is 2. The molecule has 4 rings (SSSR count). The lowest BCUT2D eigenvalue weighted by Gasteiger charge is -2.23. The standard InChI is InChI=1S/C19H17N3O4S2/c1-9-10(2)27-19-16(9)18(25)21-14(22-19)8-26-15(23)7-13-17(24)20-11-5-3-4-6-12(11)28-13/h3-6,13H,7-8H2,1-2H3,(H,20,24)(H,21,22,25)/t13-/m0/s1. The Bertz CT molecular complexity index is 1150. The summed E-state index contributed by atoms with van der Waals surface area (Å²) in [6.45, 7) is 3.68. The molecular formula is C19H17N3O4S2. The number of nitrogens with zero attached hydrogens (tertiary/aromatic N) is 1. The number of carbonyl (C=O) groups excluding carboxylic acids is 2. The van der Waals surface area contributed by atoms with Gasteiger partial charge in [-0.2, -0.15) is 0 Å². The maximum absolute atomic E-state index is 12.3. The predicted octanol–water partition coefficient (Wildman–Crippen LogP) is 3.15. The topological polar surface area (TPSA) is 101 Å². The number of rotatable bonds is 4. The normalized spacial score (nSPS) is 15.9. The van der Waals surface area contributed by atoms with Gasteiger partial charge in [-0.1, -0.05) is 12.1 Å². The minimum Gasteiger partial charge on any atom is -0.457 e. The van der Waals surface area contributed by atoms with Crippen molar-refractivity contribution in [1.82, 2.24) is 9.97 Å². The molecule has 3 aromatic rings. The molecule has 0 fully saturated rings. The average molecular weight is 415 g/mol. The zero-order chi connectivity index (χ0) is 19.8. The Hall–Kier alpha value is -2.65. The van der Waals surface area contributed by atoms with Gasteiger partial charge in [0.15, 0.2) is 0 Å². The third-order valence-electron chi connectivity index (χ3n) is 4.52. The first-order valence-corrected chi connectivity index (χ1v) is 10.3. The van der Waals surface area contributed by atoms with Crippen molar-refractivity contribution in [3.63, 3.8) is 0 Å². The fourth-order valence-corrected chi connectivity index (χ4v) is 5.10. The van der Waals surface area contributed by atoms with Crippen molar-refractivity contribution in [2.75, 3.05) is 5.32 Å². The number of esters is 1. The van der Waals surface area contributed by atoms with Crippen molar-refractivity contribution in [1.29, 1.82) is 0 Å². The molecule has 0 unspecified atom stereocenters. The molecule has 7 nitrogen and oxygen atoms in total. The highest BCUT2D eigenvalue weighted by Gasteiger charge is 2.29. The van der Waals surface area contributed by atoms with Crippen molar-refractivity contribution >= 4 is 50.9 Å². The first-order valence-electron chi connectivity index (χ1n) is 8.63. The van der Waals surface area contributed by atoms with Crippen LogP contribution in [0.1, 0.15) is 22.7 Å². The van der Waals surface area contributed by atoms with Crippen LogP contribution in [0.3, 0.4) is 0 Å². The third kappa shape index (κ3) is 3.55. The summed E-state index contributed by atoms with van der Waals surface area (Å²) in [6, 6.07) is 7.44. The van der Waals surface area contributed by atoms with Crippen LogP contribution >= 0.6 is 23.1 Å². The van der Waals surface area contributed by atoms with E-state index in [-0.39, 0.29) is 30.3 Å². The van der Waals surface area contributed by atoms with Crippen LogP contribution < -0.4 is 10.9 Å². The van der Waals surface area contributed by atoms with Gasteiger partial charge in [0.05, 0.1) is 22.7 Å². The number of aromatic amines is 1. The monoisotopic (exact) mass is 415 g/mol. The van der Waals surface area contributed by atoms with Gasteiger partial charge in [-0.3, -0.25) is 14.4 Å². The summed E-state index contributed by atoms with van der Waals surface area (Å²) in [7, 11) is 0. The molecule has 0 radical (unpaired) electrons. The maximum Gasteiger partial charge on any atom is 0.307 e. The molecule has 1 atom stereocenters. The van der Waals surface area contributed by atoms with Crippen LogP contribution in [0.5, 0.6) is 0 Å². The van der Waals surface area contributed by atoms with Crippen LogP contribution in [0.15, 0.2) is 34.0 Å². The van der Waals surface area contributed by atoms with Gasteiger partial charge in [-0.25, -0.2) is 4.98 Å². The SMILES string of the molecule is Cc1sc2nc(COC(=O)C[C@@H]3Sc4ccccc4NC3=O)[nH]c(=O)c2c1C. The second kappa shape index (κ2) is 7.40. The van der Waals surface area contributed by atoms with Crippen LogP contribution in [-0.2, 0) is 20.9 Å². The van der Waals surface area contributed by atoms with Crippen molar-refractivity contribution < 1.29 is 14.3 Å². The zero-order valence-electron chi connectivity index (χ0n) is 15.2. The molecule has 0 aliphatic carbocycles. The number of hydrogen-bond acceptors (Lipinski definition) is 7. The van der Waals surface area contributed by atoms with Gasteiger partial charge in [-0.15, -0.1) is 23.1 Å². The smallest absolute Gasteiger partial charge is 0.307 e. The highest BCUT2D eigenvalue weighted by Crippen LogP contribution is 2.36. The van der Waals surface area contributed by atoms with Gasteiger partial charge in [-0.05, 0) is 31.5 Å². The van der Waals surface area contributed by atoms with E-state index in [9.17, 15) is 14.4 Å². The maximum atomic E-state index is 12.3. The summed E-state index contributed by atoms with van der Waals surface area (Å²) < 4.78 is 5.25. The number of hydrogen-bond donors (Lipinski definition) is 2. The summed E-state index contributed by atoms with van der Waals surface area (Å²) in [6.07, 6.45) is -0.0610. The van der Waals surface area contributed by atoms with Crippen molar-refractivity contribution in [3.8, 4) is 0 Å². The lowest BCUT2D eigenvalue weighted by Crippen LogP contribution is -2.31. The molecule has 0 saturated heterocycles.